The Kier molecular flexibility index (Phi) is 4.07. The smallest absolute Gasteiger partial charge is 0.142 e. The monoisotopic (exact) mass is 234 g/mol. The van der Waals surface area contributed by atoms with Crippen molar-refractivity contribution >= 4 is 0 Å². The zero-order valence-corrected chi connectivity index (χ0v) is 11.1. The third-order valence-electron chi connectivity index (χ3n) is 3.01. The fourth-order valence-corrected chi connectivity index (χ4v) is 2.27. The second-order valence-corrected chi connectivity index (χ2v) is 4.93. The lowest BCUT2D eigenvalue weighted by Crippen LogP contribution is -2.28. The summed E-state index contributed by atoms with van der Waals surface area (Å²) in [6, 6.07) is 0. The molecular formula is C13H22N4. The number of nitrogens with zero attached hydrogens (tertiary/aromatic N) is 3. The summed E-state index contributed by atoms with van der Waals surface area (Å²) in [4.78, 5) is 11.6. The molecule has 0 fully saturated rings. The lowest BCUT2D eigenvalue weighted by atomic mass is 10.0. The van der Waals surface area contributed by atoms with Gasteiger partial charge in [-0.05, 0) is 20.5 Å². The summed E-state index contributed by atoms with van der Waals surface area (Å²) >= 11 is 0. The predicted molar refractivity (Wildman–Crippen MR) is 68.8 cm³/mol. The van der Waals surface area contributed by atoms with Crippen LogP contribution in [-0.2, 0) is 25.9 Å². The average Bonchev–Trinajstić information content (AvgIpc) is 2.28. The van der Waals surface area contributed by atoms with Crippen molar-refractivity contribution in [3.63, 3.8) is 0 Å². The summed E-state index contributed by atoms with van der Waals surface area (Å²) in [6.07, 6.45) is 3.24. The van der Waals surface area contributed by atoms with Crippen molar-refractivity contribution in [1.29, 1.82) is 0 Å². The number of aromatic nitrogens is 2. The summed E-state index contributed by atoms with van der Waals surface area (Å²) in [7, 11) is 4.12. The van der Waals surface area contributed by atoms with Gasteiger partial charge in [0, 0.05) is 30.8 Å². The Labute approximate surface area is 103 Å². The van der Waals surface area contributed by atoms with Crippen molar-refractivity contribution in [3.05, 3.63) is 22.8 Å². The molecule has 1 aliphatic rings. The van der Waals surface area contributed by atoms with Gasteiger partial charge in [0.2, 0.25) is 0 Å². The minimum Gasteiger partial charge on any atom is -0.312 e. The van der Waals surface area contributed by atoms with Crippen LogP contribution in [0.5, 0.6) is 0 Å². The first-order chi connectivity index (χ1) is 8.20. The van der Waals surface area contributed by atoms with E-state index in [4.69, 9.17) is 9.97 Å². The highest BCUT2D eigenvalue weighted by Gasteiger charge is 2.16. The molecule has 17 heavy (non-hydrogen) atoms. The van der Waals surface area contributed by atoms with E-state index in [0.29, 0.717) is 0 Å². The molecule has 0 saturated carbocycles. The molecule has 2 heterocycles. The number of aryl methyl sites for hydroxylation is 1. The molecule has 1 aromatic heterocycles. The van der Waals surface area contributed by atoms with Gasteiger partial charge < -0.3 is 10.2 Å². The predicted octanol–water partition coefficient (Wildman–Crippen LogP) is 1.14. The van der Waals surface area contributed by atoms with Gasteiger partial charge in [0.1, 0.15) is 5.82 Å². The molecule has 0 unspecified atom stereocenters. The van der Waals surface area contributed by atoms with Crippen LogP contribution in [0, 0.1) is 0 Å². The lowest BCUT2D eigenvalue weighted by Gasteiger charge is -2.20. The van der Waals surface area contributed by atoms with Crippen LogP contribution in [0.3, 0.4) is 0 Å². The summed E-state index contributed by atoms with van der Waals surface area (Å²) < 4.78 is 0. The summed E-state index contributed by atoms with van der Waals surface area (Å²) in [5.41, 5.74) is 3.86. The lowest BCUT2D eigenvalue weighted by molar-refractivity contribution is 0.387. The molecular weight excluding hydrogens is 212 g/mol. The van der Waals surface area contributed by atoms with Gasteiger partial charge in [-0.2, -0.15) is 0 Å². The summed E-state index contributed by atoms with van der Waals surface area (Å²) in [6.45, 7) is 5.01. The third kappa shape index (κ3) is 3.01. The van der Waals surface area contributed by atoms with Gasteiger partial charge in [-0.15, -0.1) is 0 Å². The van der Waals surface area contributed by atoms with Crippen molar-refractivity contribution in [1.82, 2.24) is 20.2 Å². The van der Waals surface area contributed by atoms with Gasteiger partial charge in [0.15, 0.2) is 0 Å². The minimum absolute atomic E-state index is 0.831. The third-order valence-corrected chi connectivity index (χ3v) is 3.01. The van der Waals surface area contributed by atoms with Gasteiger partial charge >= 0.3 is 0 Å². The molecule has 94 valence electrons. The van der Waals surface area contributed by atoms with Crippen LogP contribution < -0.4 is 5.32 Å². The van der Waals surface area contributed by atoms with Crippen molar-refractivity contribution < 1.29 is 0 Å². The Balaban J connectivity index is 2.33. The number of hydrogen-bond acceptors (Lipinski definition) is 4. The van der Waals surface area contributed by atoms with E-state index in [1.54, 1.807) is 0 Å². The van der Waals surface area contributed by atoms with E-state index < -0.39 is 0 Å². The second kappa shape index (κ2) is 5.56. The van der Waals surface area contributed by atoms with E-state index in [9.17, 15) is 0 Å². The minimum atomic E-state index is 0.831. The maximum absolute atomic E-state index is 4.72. The van der Waals surface area contributed by atoms with E-state index in [-0.39, 0.29) is 0 Å². The standard InChI is InChI=1S/C13H22N4/c1-4-5-11-10-8-14-7-6-12(10)16-13(15-11)9-17(2)3/h14H,4-9H2,1-3H3. The first-order valence-electron chi connectivity index (χ1n) is 6.43. The molecule has 1 N–H and O–H groups in total. The molecule has 0 radical (unpaired) electrons. The van der Waals surface area contributed by atoms with Crippen LogP contribution in [0.25, 0.3) is 0 Å². The number of hydrogen-bond donors (Lipinski definition) is 1. The van der Waals surface area contributed by atoms with E-state index in [0.717, 1.165) is 44.7 Å². The zero-order valence-electron chi connectivity index (χ0n) is 11.1. The quantitative estimate of drug-likeness (QED) is 0.848. The highest BCUT2D eigenvalue weighted by Crippen LogP contribution is 2.17. The van der Waals surface area contributed by atoms with Gasteiger partial charge in [-0.1, -0.05) is 13.3 Å². The Hall–Kier alpha value is -1.00. The maximum Gasteiger partial charge on any atom is 0.142 e. The molecule has 0 atom stereocenters. The molecule has 0 aromatic carbocycles. The molecule has 4 nitrogen and oxygen atoms in total. The summed E-state index contributed by atoms with van der Waals surface area (Å²) in [5.74, 6) is 0.971. The van der Waals surface area contributed by atoms with Crippen LogP contribution >= 0.6 is 0 Å². The Morgan fingerprint density at radius 2 is 2.12 bits per heavy atom. The number of nitrogens with one attached hydrogen (secondary N) is 1. The maximum atomic E-state index is 4.72. The highest BCUT2D eigenvalue weighted by atomic mass is 15.1. The van der Waals surface area contributed by atoms with Crippen LogP contribution in [-0.4, -0.2) is 35.5 Å². The molecule has 0 spiro atoms. The van der Waals surface area contributed by atoms with Gasteiger partial charge in [0.25, 0.3) is 0 Å². The van der Waals surface area contributed by atoms with Gasteiger partial charge in [0.05, 0.1) is 12.2 Å². The van der Waals surface area contributed by atoms with Crippen molar-refractivity contribution in [2.45, 2.75) is 39.3 Å². The normalized spacial score (nSPS) is 15.1. The van der Waals surface area contributed by atoms with Crippen LogP contribution in [0.4, 0.5) is 0 Å². The van der Waals surface area contributed by atoms with E-state index in [1.807, 2.05) is 0 Å². The Bertz CT molecular complexity index is 387. The number of fused-ring (bicyclic) bond motifs is 1. The molecule has 0 bridgehead atoms. The topological polar surface area (TPSA) is 41.1 Å². The van der Waals surface area contributed by atoms with Gasteiger partial charge in [-0.3, -0.25) is 0 Å². The molecule has 4 heteroatoms. The molecule has 1 aromatic rings. The Morgan fingerprint density at radius 1 is 1.29 bits per heavy atom. The fourth-order valence-electron chi connectivity index (χ4n) is 2.27. The van der Waals surface area contributed by atoms with Crippen molar-refractivity contribution in [3.8, 4) is 0 Å². The zero-order chi connectivity index (χ0) is 12.3. The first-order valence-corrected chi connectivity index (χ1v) is 6.43. The molecule has 0 amide bonds. The van der Waals surface area contributed by atoms with E-state index in [1.165, 1.54) is 17.0 Å². The van der Waals surface area contributed by atoms with E-state index in [2.05, 4.69) is 31.2 Å². The first kappa shape index (κ1) is 12.5. The average molecular weight is 234 g/mol. The van der Waals surface area contributed by atoms with Crippen LogP contribution in [0.2, 0.25) is 0 Å². The van der Waals surface area contributed by atoms with Gasteiger partial charge in [-0.25, -0.2) is 9.97 Å². The molecule has 2 rings (SSSR count). The van der Waals surface area contributed by atoms with Crippen LogP contribution in [0.1, 0.15) is 36.1 Å². The van der Waals surface area contributed by atoms with Crippen molar-refractivity contribution in [2.75, 3.05) is 20.6 Å². The Morgan fingerprint density at radius 3 is 2.82 bits per heavy atom. The van der Waals surface area contributed by atoms with Crippen molar-refractivity contribution in [2.24, 2.45) is 0 Å². The van der Waals surface area contributed by atoms with E-state index >= 15 is 0 Å². The fraction of sp³-hybridized carbons (Fsp3) is 0.692. The molecule has 0 saturated heterocycles. The number of rotatable bonds is 4. The SMILES string of the molecule is CCCc1nc(CN(C)C)nc2c1CNCC2. The molecule has 1 aliphatic heterocycles. The highest BCUT2D eigenvalue weighted by molar-refractivity contribution is 5.28. The molecule has 0 aliphatic carbocycles. The largest absolute Gasteiger partial charge is 0.312 e. The summed E-state index contributed by atoms with van der Waals surface area (Å²) in [5, 5.41) is 3.41. The van der Waals surface area contributed by atoms with Crippen LogP contribution in [0.15, 0.2) is 0 Å². The second-order valence-electron chi connectivity index (χ2n) is 4.93.